The number of hydrogen-bond acceptors (Lipinski definition) is 4. The Kier molecular flexibility index (Phi) is 11.1. The van der Waals surface area contributed by atoms with Crippen LogP contribution in [-0.4, -0.2) is 56.0 Å². The third-order valence-electron chi connectivity index (χ3n) is 1.57. The van der Waals surface area contributed by atoms with E-state index in [9.17, 15) is 18.0 Å². The van der Waals surface area contributed by atoms with Gasteiger partial charge >= 0.3 is 0 Å². The topological polar surface area (TPSA) is 84.6 Å². The number of halogens is 3. The molecule has 0 aliphatic rings. The van der Waals surface area contributed by atoms with Crippen LogP contribution in [0.25, 0.3) is 0 Å². The summed E-state index contributed by atoms with van der Waals surface area (Å²) in [5.74, 6) is -3.91. The van der Waals surface area contributed by atoms with Gasteiger partial charge in [-0.15, -0.1) is 0 Å². The number of carbonyl (C=O) groups excluding carboxylic acids is 1. The van der Waals surface area contributed by atoms with E-state index in [0.717, 1.165) is 0 Å². The van der Waals surface area contributed by atoms with E-state index in [-0.39, 0.29) is 21.1 Å². The van der Waals surface area contributed by atoms with Gasteiger partial charge in [0.15, 0.2) is 0 Å². The average Bonchev–Trinajstić information content (AvgIpc) is 2.25. The Morgan fingerprint density at radius 3 is 2.59 bits per heavy atom. The van der Waals surface area contributed by atoms with Crippen molar-refractivity contribution in [3.8, 4) is 0 Å². The Balaban J connectivity index is 0. The summed E-state index contributed by atoms with van der Waals surface area (Å²) >= 11 is 0. The molecule has 0 bridgehead atoms. The van der Waals surface area contributed by atoms with Crippen molar-refractivity contribution in [3.05, 3.63) is 0 Å². The standard InChI is InChI=1S/C8H15F3N2O3.W/c9-6(1-13-7(15)2-14)3-16-5-8(10,11)4-12;/h6,14H,1-5,12H2,(H,13,15);. The molecule has 0 aromatic rings. The number of rotatable bonds is 8. The van der Waals surface area contributed by atoms with Crippen LogP contribution in [0.2, 0.25) is 0 Å². The zero-order chi connectivity index (χ0) is 12.6. The maximum Gasteiger partial charge on any atom is 0.282 e. The molecule has 0 radical (unpaired) electrons. The Bertz CT molecular complexity index is 222. The normalized spacial score (nSPS) is 12.8. The van der Waals surface area contributed by atoms with Gasteiger partial charge in [-0.2, -0.15) is 0 Å². The molecule has 0 fully saturated rings. The van der Waals surface area contributed by atoms with Crippen molar-refractivity contribution >= 4 is 5.91 Å². The van der Waals surface area contributed by atoms with Gasteiger partial charge in [0.2, 0.25) is 5.91 Å². The van der Waals surface area contributed by atoms with E-state index in [4.69, 9.17) is 10.8 Å². The maximum absolute atomic E-state index is 12.9. The number of aliphatic hydroxyl groups excluding tert-OH is 1. The molecule has 1 amide bonds. The van der Waals surface area contributed by atoms with Crippen LogP contribution < -0.4 is 11.1 Å². The predicted molar refractivity (Wildman–Crippen MR) is 49.8 cm³/mol. The van der Waals surface area contributed by atoms with Crippen molar-refractivity contribution in [2.75, 3.05) is 32.9 Å². The molecule has 17 heavy (non-hydrogen) atoms. The Labute approximate surface area is 111 Å². The quantitative estimate of drug-likeness (QED) is 0.466. The second-order valence-corrected chi connectivity index (χ2v) is 3.13. The van der Waals surface area contributed by atoms with Crippen LogP contribution in [0, 0.1) is 0 Å². The predicted octanol–water partition coefficient (Wildman–Crippen LogP) is -0.959. The molecule has 0 heterocycles. The van der Waals surface area contributed by atoms with E-state index < -0.39 is 50.9 Å². The molecular formula is C8H15F3N2O3W. The Morgan fingerprint density at radius 1 is 1.53 bits per heavy atom. The van der Waals surface area contributed by atoms with Crippen molar-refractivity contribution in [1.82, 2.24) is 5.32 Å². The largest absolute Gasteiger partial charge is 0.387 e. The fraction of sp³-hybridized carbons (Fsp3) is 0.875. The van der Waals surface area contributed by atoms with E-state index in [1.54, 1.807) is 0 Å². The van der Waals surface area contributed by atoms with Gasteiger partial charge in [0, 0.05) is 21.1 Å². The number of aliphatic hydroxyl groups is 1. The van der Waals surface area contributed by atoms with Gasteiger partial charge in [-0.05, 0) is 0 Å². The fourth-order valence-electron chi connectivity index (χ4n) is 0.734. The van der Waals surface area contributed by atoms with Gasteiger partial charge in [-0.3, -0.25) is 4.79 Å². The number of nitrogens with two attached hydrogens (primary N) is 1. The number of carbonyl (C=O) groups is 1. The van der Waals surface area contributed by atoms with Gasteiger partial charge in [-0.25, -0.2) is 13.2 Å². The van der Waals surface area contributed by atoms with Gasteiger partial charge in [0.05, 0.1) is 19.7 Å². The van der Waals surface area contributed by atoms with E-state index in [0.29, 0.717) is 0 Å². The van der Waals surface area contributed by atoms with Gasteiger partial charge in [0.25, 0.3) is 5.92 Å². The summed E-state index contributed by atoms with van der Waals surface area (Å²) < 4.78 is 42.3. The number of alkyl halides is 3. The average molecular weight is 428 g/mol. The summed E-state index contributed by atoms with van der Waals surface area (Å²) in [4.78, 5) is 10.5. The van der Waals surface area contributed by atoms with Gasteiger partial charge in [0.1, 0.15) is 19.4 Å². The first kappa shape index (κ1) is 19.2. The van der Waals surface area contributed by atoms with Crippen LogP contribution >= 0.6 is 0 Å². The van der Waals surface area contributed by atoms with E-state index in [2.05, 4.69) is 4.74 Å². The number of amides is 1. The molecule has 0 aliphatic carbocycles. The molecule has 0 aromatic heterocycles. The minimum absolute atomic E-state index is 0. The summed E-state index contributed by atoms with van der Waals surface area (Å²) in [6.07, 6.45) is -1.61. The molecule has 0 rings (SSSR count). The van der Waals surface area contributed by atoms with Crippen molar-refractivity contribution in [1.29, 1.82) is 0 Å². The number of hydrogen-bond donors (Lipinski definition) is 3. The van der Waals surface area contributed by atoms with E-state index >= 15 is 0 Å². The van der Waals surface area contributed by atoms with E-state index in [1.165, 1.54) is 0 Å². The van der Waals surface area contributed by atoms with Gasteiger partial charge < -0.3 is 20.9 Å². The second kappa shape index (κ2) is 9.82. The van der Waals surface area contributed by atoms with Crippen LogP contribution in [0.4, 0.5) is 13.2 Å². The van der Waals surface area contributed by atoms with Crippen LogP contribution in [0.3, 0.4) is 0 Å². The first-order chi connectivity index (χ1) is 7.41. The third-order valence-corrected chi connectivity index (χ3v) is 1.57. The second-order valence-electron chi connectivity index (χ2n) is 3.13. The molecule has 102 valence electrons. The molecule has 1 atom stereocenters. The molecule has 4 N–H and O–H groups in total. The molecule has 0 aliphatic heterocycles. The first-order valence-corrected chi connectivity index (χ1v) is 4.58. The maximum atomic E-state index is 12.9. The third kappa shape index (κ3) is 10.7. The van der Waals surface area contributed by atoms with Crippen LogP contribution in [0.1, 0.15) is 0 Å². The summed E-state index contributed by atoms with van der Waals surface area (Å²) in [6.45, 7) is -3.54. The Hall–Kier alpha value is -0.172. The summed E-state index contributed by atoms with van der Waals surface area (Å²) in [6, 6.07) is 0. The molecule has 9 heteroatoms. The summed E-state index contributed by atoms with van der Waals surface area (Å²) in [5.41, 5.74) is 4.73. The molecule has 0 aromatic carbocycles. The van der Waals surface area contributed by atoms with Crippen molar-refractivity contribution in [2.24, 2.45) is 5.73 Å². The zero-order valence-electron chi connectivity index (χ0n) is 9.00. The molecule has 0 saturated carbocycles. The van der Waals surface area contributed by atoms with Crippen LogP contribution in [0.15, 0.2) is 0 Å². The summed E-state index contributed by atoms with van der Waals surface area (Å²) in [5, 5.41) is 10.3. The minimum Gasteiger partial charge on any atom is -0.387 e. The molecule has 0 saturated heterocycles. The molecule has 5 nitrogen and oxygen atoms in total. The summed E-state index contributed by atoms with van der Waals surface area (Å²) in [7, 11) is 0. The van der Waals surface area contributed by atoms with Crippen molar-refractivity contribution in [2.45, 2.75) is 12.1 Å². The Morgan fingerprint density at radius 2 is 2.12 bits per heavy atom. The van der Waals surface area contributed by atoms with E-state index in [1.807, 2.05) is 5.32 Å². The molecule has 1 unspecified atom stereocenters. The van der Waals surface area contributed by atoms with Crippen molar-refractivity contribution < 1.29 is 48.9 Å². The molecular weight excluding hydrogens is 413 g/mol. The van der Waals surface area contributed by atoms with Crippen molar-refractivity contribution in [3.63, 3.8) is 0 Å². The fourth-order valence-corrected chi connectivity index (χ4v) is 0.734. The monoisotopic (exact) mass is 428 g/mol. The number of nitrogens with one attached hydrogen (secondary N) is 1. The zero-order valence-corrected chi connectivity index (χ0v) is 11.9. The molecule has 0 spiro atoms. The smallest absolute Gasteiger partial charge is 0.282 e. The van der Waals surface area contributed by atoms with Gasteiger partial charge in [-0.1, -0.05) is 0 Å². The minimum atomic E-state index is -3.17. The van der Waals surface area contributed by atoms with Crippen LogP contribution in [0.5, 0.6) is 0 Å². The van der Waals surface area contributed by atoms with Crippen LogP contribution in [-0.2, 0) is 30.6 Å². The first-order valence-electron chi connectivity index (χ1n) is 4.58. The number of ether oxygens (including phenoxy) is 1. The SMILES string of the molecule is NCC(F)(F)COCC(F)CNC(=O)CO.[W].